The van der Waals surface area contributed by atoms with Crippen molar-refractivity contribution in [3.05, 3.63) is 83.9 Å². The third-order valence-electron chi connectivity index (χ3n) is 4.03. The minimum absolute atomic E-state index is 0.0449. The predicted molar refractivity (Wildman–Crippen MR) is 114 cm³/mol. The fourth-order valence-corrected chi connectivity index (χ4v) is 3.63. The van der Waals surface area contributed by atoms with Crippen LogP contribution in [-0.4, -0.2) is 25.1 Å². The van der Waals surface area contributed by atoms with Gasteiger partial charge in [-0.05, 0) is 48.5 Å². The van der Waals surface area contributed by atoms with Crippen molar-refractivity contribution < 1.29 is 27.8 Å². The van der Waals surface area contributed by atoms with E-state index in [9.17, 15) is 23.6 Å². The van der Waals surface area contributed by atoms with Gasteiger partial charge in [0.25, 0.3) is 5.91 Å². The van der Waals surface area contributed by atoms with Crippen LogP contribution < -0.4 is 10.1 Å². The van der Waals surface area contributed by atoms with Crippen LogP contribution in [0.15, 0.2) is 82.6 Å². The number of hydrogen-bond acceptors (Lipinski definition) is 6. The second-order valence-electron chi connectivity index (χ2n) is 6.23. The molecule has 0 unspecified atom stereocenters. The Labute approximate surface area is 186 Å². The fourth-order valence-electron chi connectivity index (χ4n) is 2.62. The molecular formula is C23H16F2N2O4S. The molecule has 0 aliphatic carbocycles. The van der Waals surface area contributed by atoms with Crippen LogP contribution in [0.25, 0.3) is 0 Å². The van der Waals surface area contributed by atoms with Gasteiger partial charge in [-0.2, -0.15) is 14.0 Å². The number of rotatable bonds is 8. The van der Waals surface area contributed by atoms with Crippen molar-refractivity contribution in [2.45, 2.75) is 16.4 Å². The van der Waals surface area contributed by atoms with E-state index in [1.165, 1.54) is 36.0 Å². The van der Waals surface area contributed by atoms with E-state index in [1.54, 1.807) is 48.5 Å². The number of esters is 1. The maximum Gasteiger partial charge on any atom is 0.387 e. The second-order valence-corrected chi connectivity index (χ2v) is 7.32. The Bertz CT molecular complexity index is 1150. The molecule has 3 aromatic rings. The number of carbonyl (C=O) groups is 2. The first-order valence-electron chi connectivity index (χ1n) is 9.24. The zero-order valence-corrected chi connectivity index (χ0v) is 17.3. The van der Waals surface area contributed by atoms with Crippen LogP contribution in [0.3, 0.4) is 0 Å². The second kappa shape index (κ2) is 10.9. The zero-order valence-electron chi connectivity index (χ0n) is 16.5. The van der Waals surface area contributed by atoms with Crippen LogP contribution in [0.4, 0.5) is 14.5 Å². The van der Waals surface area contributed by atoms with E-state index >= 15 is 0 Å². The molecule has 0 heterocycles. The van der Waals surface area contributed by atoms with E-state index in [-0.39, 0.29) is 11.3 Å². The van der Waals surface area contributed by atoms with Crippen LogP contribution in [0, 0.1) is 11.3 Å². The monoisotopic (exact) mass is 454 g/mol. The summed E-state index contributed by atoms with van der Waals surface area (Å²) in [5, 5.41) is 11.8. The number of halogens is 2. The van der Waals surface area contributed by atoms with Crippen molar-refractivity contribution in [1.29, 1.82) is 5.26 Å². The lowest BCUT2D eigenvalue weighted by molar-refractivity contribution is -0.119. The van der Waals surface area contributed by atoms with Crippen molar-refractivity contribution in [3.8, 4) is 11.8 Å². The highest BCUT2D eigenvalue weighted by Crippen LogP contribution is 2.32. The average molecular weight is 454 g/mol. The first kappa shape index (κ1) is 22.8. The highest BCUT2D eigenvalue weighted by molar-refractivity contribution is 7.99. The van der Waals surface area contributed by atoms with E-state index in [4.69, 9.17) is 4.74 Å². The van der Waals surface area contributed by atoms with Crippen LogP contribution >= 0.6 is 11.8 Å². The van der Waals surface area contributed by atoms with Crippen molar-refractivity contribution in [2.75, 3.05) is 11.9 Å². The zero-order chi connectivity index (χ0) is 22.9. The van der Waals surface area contributed by atoms with Crippen LogP contribution in [0.1, 0.15) is 15.9 Å². The van der Waals surface area contributed by atoms with Gasteiger partial charge in [0.15, 0.2) is 6.61 Å². The smallest absolute Gasteiger partial charge is 0.387 e. The van der Waals surface area contributed by atoms with E-state index in [0.29, 0.717) is 21.0 Å². The minimum atomic E-state index is -2.94. The number of nitrogens with zero attached hydrogens (tertiary/aromatic N) is 1. The van der Waals surface area contributed by atoms with Crippen LogP contribution in [0.5, 0.6) is 5.75 Å². The molecule has 0 aliphatic heterocycles. The summed E-state index contributed by atoms with van der Waals surface area (Å²) >= 11 is 1.25. The minimum Gasteiger partial charge on any atom is -0.452 e. The van der Waals surface area contributed by atoms with Gasteiger partial charge in [0.05, 0.1) is 11.1 Å². The van der Waals surface area contributed by atoms with Gasteiger partial charge >= 0.3 is 12.6 Å². The molecule has 162 valence electrons. The number of nitrogens with one attached hydrogen (secondary N) is 1. The maximum atomic E-state index is 12.5. The summed E-state index contributed by atoms with van der Waals surface area (Å²) in [6, 6.07) is 21.1. The van der Waals surface area contributed by atoms with Crippen LogP contribution in [-0.2, 0) is 9.53 Å². The number of anilines is 1. The highest BCUT2D eigenvalue weighted by atomic mass is 32.2. The van der Waals surface area contributed by atoms with Gasteiger partial charge in [-0.3, -0.25) is 4.79 Å². The summed E-state index contributed by atoms with van der Waals surface area (Å²) < 4.78 is 33.7. The van der Waals surface area contributed by atoms with Gasteiger partial charge < -0.3 is 14.8 Å². The predicted octanol–water partition coefficient (Wildman–Crippen LogP) is 5.11. The van der Waals surface area contributed by atoms with E-state index < -0.39 is 25.1 Å². The Morgan fingerprint density at radius 1 is 0.969 bits per heavy atom. The maximum absolute atomic E-state index is 12.5. The highest BCUT2D eigenvalue weighted by Gasteiger charge is 2.16. The molecule has 0 aliphatic rings. The van der Waals surface area contributed by atoms with Crippen LogP contribution in [0.2, 0.25) is 0 Å². The normalized spacial score (nSPS) is 10.3. The summed E-state index contributed by atoms with van der Waals surface area (Å²) in [6.45, 7) is -3.48. The largest absolute Gasteiger partial charge is 0.452 e. The quantitative estimate of drug-likeness (QED) is 0.476. The number of carbonyl (C=O) groups excluding carboxylic acids is 2. The topological polar surface area (TPSA) is 88.4 Å². The SMILES string of the molecule is N#Cc1ccccc1Sc1ccccc1C(=O)OCC(=O)Nc1ccc(OC(F)F)cc1. The molecule has 6 nitrogen and oxygen atoms in total. The van der Waals surface area contributed by atoms with Gasteiger partial charge in [-0.25, -0.2) is 4.79 Å². The molecule has 0 aromatic heterocycles. The Morgan fingerprint density at radius 3 is 2.31 bits per heavy atom. The standard InChI is InChI=1S/C23H16F2N2O4S/c24-23(25)31-17-11-9-16(10-12-17)27-21(28)14-30-22(29)18-6-2-4-8-20(18)32-19-7-3-1-5-15(19)13-26/h1-12,23H,14H2,(H,27,28). The molecule has 0 atom stereocenters. The molecule has 0 spiro atoms. The first-order chi connectivity index (χ1) is 15.5. The van der Waals surface area contributed by atoms with Crippen molar-refractivity contribution >= 4 is 29.3 Å². The first-order valence-corrected chi connectivity index (χ1v) is 10.1. The molecule has 1 amide bonds. The molecular weight excluding hydrogens is 438 g/mol. The molecule has 0 saturated carbocycles. The third kappa shape index (κ3) is 6.30. The molecule has 1 N–H and O–H groups in total. The fraction of sp³-hybridized carbons (Fsp3) is 0.0870. The molecule has 0 radical (unpaired) electrons. The van der Waals surface area contributed by atoms with E-state index in [0.717, 1.165) is 0 Å². The number of benzene rings is 3. The van der Waals surface area contributed by atoms with Gasteiger partial charge in [0.2, 0.25) is 0 Å². The third-order valence-corrected chi connectivity index (χ3v) is 5.18. The summed E-state index contributed by atoms with van der Waals surface area (Å²) in [5.74, 6) is -1.34. The Balaban J connectivity index is 1.60. The molecule has 0 saturated heterocycles. The Kier molecular flexibility index (Phi) is 7.78. The van der Waals surface area contributed by atoms with Crippen molar-refractivity contribution in [3.63, 3.8) is 0 Å². The summed E-state index contributed by atoms with van der Waals surface area (Å²) in [7, 11) is 0. The van der Waals surface area contributed by atoms with E-state index in [1.807, 2.05) is 0 Å². The molecule has 0 fully saturated rings. The van der Waals surface area contributed by atoms with E-state index in [2.05, 4.69) is 16.1 Å². The molecule has 3 rings (SSSR count). The molecule has 3 aromatic carbocycles. The van der Waals surface area contributed by atoms with Gasteiger partial charge in [0, 0.05) is 15.5 Å². The summed E-state index contributed by atoms with van der Waals surface area (Å²) in [4.78, 5) is 25.9. The molecule has 32 heavy (non-hydrogen) atoms. The Morgan fingerprint density at radius 2 is 1.62 bits per heavy atom. The van der Waals surface area contributed by atoms with Crippen molar-refractivity contribution in [1.82, 2.24) is 0 Å². The van der Waals surface area contributed by atoms with Crippen molar-refractivity contribution in [2.24, 2.45) is 0 Å². The molecule has 0 bridgehead atoms. The van der Waals surface area contributed by atoms with Gasteiger partial charge in [-0.1, -0.05) is 36.0 Å². The van der Waals surface area contributed by atoms with Gasteiger partial charge in [-0.15, -0.1) is 0 Å². The lowest BCUT2D eigenvalue weighted by Crippen LogP contribution is -2.21. The number of ether oxygens (including phenoxy) is 2. The summed E-state index contributed by atoms with van der Waals surface area (Å²) in [6.07, 6.45) is 0. The average Bonchev–Trinajstić information content (AvgIpc) is 2.79. The number of nitriles is 1. The lowest BCUT2D eigenvalue weighted by atomic mass is 10.2. The summed E-state index contributed by atoms with van der Waals surface area (Å²) in [5.41, 5.74) is 1.06. The number of alkyl halides is 2. The lowest BCUT2D eigenvalue weighted by Gasteiger charge is -2.11. The molecule has 9 heteroatoms. The number of amides is 1. The van der Waals surface area contributed by atoms with Gasteiger partial charge in [0.1, 0.15) is 11.8 Å². The Hall–Kier alpha value is -3.90. The number of hydrogen-bond donors (Lipinski definition) is 1.